The van der Waals surface area contributed by atoms with Gasteiger partial charge in [0.2, 0.25) is 0 Å². The number of H-pyrrole nitrogens is 1. The van der Waals surface area contributed by atoms with E-state index in [1.165, 1.54) is 0 Å². The zero-order valence-corrected chi connectivity index (χ0v) is 19.4. The molecule has 4 heterocycles. The number of hydrogen-bond acceptors (Lipinski definition) is 7. The largest absolute Gasteiger partial charge is 0.492 e. The maximum Gasteiger partial charge on any atom is 0.279 e. The third-order valence-corrected chi connectivity index (χ3v) is 6.05. The van der Waals surface area contributed by atoms with Crippen molar-refractivity contribution in [3.05, 3.63) is 52.3 Å². The Morgan fingerprint density at radius 2 is 2.03 bits per heavy atom. The van der Waals surface area contributed by atoms with E-state index < -0.39 is 0 Å². The summed E-state index contributed by atoms with van der Waals surface area (Å²) in [5, 5.41) is 0. The highest BCUT2D eigenvalue weighted by molar-refractivity contribution is 5.85. The van der Waals surface area contributed by atoms with E-state index in [4.69, 9.17) is 19.2 Å². The summed E-state index contributed by atoms with van der Waals surface area (Å²) in [4.78, 5) is 26.9. The van der Waals surface area contributed by atoms with E-state index in [1.54, 1.807) is 6.33 Å². The van der Waals surface area contributed by atoms with Crippen LogP contribution in [0.1, 0.15) is 24.2 Å². The average molecular weight is 476 g/mol. The van der Waals surface area contributed by atoms with E-state index in [0.29, 0.717) is 36.6 Å². The van der Waals surface area contributed by atoms with Crippen LogP contribution >= 0.6 is 12.4 Å². The second-order valence-corrected chi connectivity index (χ2v) is 8.30. The molecular formula is C23H30ClN5O4. The average Bonchev–Trinajstić information content (AvgIpc) is 3.47. The molecule has 3 aromatic rings. The first-order valence-corrected chi connectivity index (χ1v) is 11.3. The zero-order chi connectivity index (χ0) is 21.8. The fourth-order valence-corrected chi connectivity index (χ4v) is 4.30. The van der Waals surface area contributed by atoms with Gasteiger partial charge in [0.15, 0.2) is 11.2 Å². The van der Waals surface area contributed by atoms with Crippen LogP contribution in [0.2, 0.25) is 0 Å². The number of nitrogens with one attached hydrogen (secondary N) is 1. The Bertz CT molecular complexity index is 1110. The number of fused-ring (bicyclic) bond motifs is 1. The molecule has 0 amide bonds. The molecule has 2 saturated heterocycles. The molecule has 33 heavy (non-hydrogen) atoms. The summed E-state index contributed by atoms with van der Waals surface area (Å²) in [7, 11) is 0. The van der Waals surface area contributed by atoms with Crippen molar-refractivity contribution in [1.29, 1.82) is 0 Å². The van der Waals surface area contributed by atoms with Gasteiger partial charge in [-0.2, -0.15) is 0 Å². The van der Waals surface area contributed by atoms with Gasteiger partial charge < -0.3 is 23.8 Å². The van der Waals surface area contributed by atoms with Crippen molar-refractivity contribution in [2.45, 2.75) is 31.9 Å². The first kappa shape index (κ1) is 23.7. The minimum atomic E-state index is -0.221. The predicted molar refractivity (Wildman–Crippen MR) is 126 cm³/mol. The van der Waals surface area contributed by atoms with Crippen molar-refractivity contribution in [3.8, 4) is 5.75 Å². The molecule has 9 nitrogen and oxygen atoms in total. The van der Waals surface area contributed by atoms with Crippen molar-refractivity contribution < 1.29 is 14.2 Å². The summed E-state index contributed by atoms with van der Waals surface area (Å²) < 4.78 is 19.2. The first-order chi connectivity index (χ1) is 15.8. The van der Waals surface area contributed by atoms with Crippen molar-refractivity contribution in [2.24, 2.45) is 0 Å². The number of halogens is 1. The number of ether oxygens (including phenoxy) is 3. The molecule has 2 aliphatic rings. The standard InChI is InChI=1S/C23H29N5O4.ClH/c29-23-21-22(28(16-24-21)15-18-5-3-10-31-18)25-20(26-23)14-17-4-1-2-6-19(17)32-13-9-27-7-11-30-12-8-27;/h1-2,4,6,16,18H,3,5,7-15H2,(H,25,26,29);1H. The monoisotopic (exact) mass is 475 g/mol. The number of imidazole rings is 1. The van der Waals surface area contributed by atoms with Gasteiger partial charge in [-0.3, -0.25) is 9.69 Å². The van der Waals surface area contributed by atoms with Crippen LogP contribution in [0.5, 0.6) is 5.75 Å². The smallest absolute Gasteiger partial charge is 0.279 e. The van der Waals surface area contributed by atoms with Gasteiger partial charge in [-0.1, -0.05) is 18.2 Å². The fraction of sp³-hybridized carbons (Fsp3) is 0.522. The van der Waals surface area contributed by atoms with Crippen LogP contribution in [-0.4, -0.2) is 76.6 Å². The number of para-hydroxylation sites is 1. The summed E-state index contributed by atoms with van der Waals surface area (Å²) in [6, 6.07) is 7.91. The summed E-state index contributed by atoms with van der Waals surface area (Å²) in [5.41, 5.74) is 1.73. The lowest BCUT2D eigenvalue weighted by Gasteiger charge is -2.26. The van der Waals surface area contributed by atoms with E-state index in [2.05, 4.69) is 14.9 Å². The number of benzene rings is 1. The molecular weight excluding hydrogens is 446 g/mol. The van der Waals surface area contributed by atoms with Crippen LogP contribution in [0.25, 0.3) is 11.2 Å². The molecule has 2 fully saturated rings. The van der Waals surface area contributed by atoms with Gasteiger partial charge in [0.1, 0.15) is 18.2 Å². The second-order valence-electron chi connectivity index (χ2n) is 8.30. The molecule has 0 aliphatic carbocycles. The number of aromatic nitrogens is 4. The van der Waals surface area contributed by atoms with Gasteiger partial charge in [0.25, 0.3) is 5.56 Å². The van der Waals surface area contributed by atoms with Crippen molar-refractivity contribution in [2.75, 3.05) is 46.1 Å². The zero-order valence-electron chi connectivity index (χ0n) is 18.6. The normalized spacial score (nSPS) is 19.0. The molecule has 0 bridgehead atoms. The molecule has 10 heteroatoms. The van der Waals surface area contributed by atoms with Crippen molar-refractivity contribution >= 4 is 23.6 Å². The van der Waals surface area contributed by atoms with Gasteiger partial charge in [-0.25, -0.2) is 9.97 Å². The molecule has 0 radical (unpaired) electrons. The lowest BCUT2D eigenvalue weighted by atomic mass is 10.1. The minimum Gasteiger partial charge on any atom is -0.492 e. The van der Waals surface area contributed by atoms with Crippen LogP contribution in [0.15, 0.2) is 35.4 Å². The minimum absolute atomic E-state index is 0. The van der Waals surface area contributed by atoms with Gasteiger partial charge >= 0.3 is 0 Å². The Morgan fingerprint density at radius 3 is 2.85 bits per heavy atom. The third-order valence-electron chi connectivity index (χ3n) is 6.05. The van der Waals surface area contributed by atoms with Gasteiger partial charge in [0, 0.05) is 38.2 Å². The maximum atomic E-state index is 12.6. The molecule has 1 unspecified atom stereocenters. The Balaban J connectivity index is 0.00000259. The predicted octanol–water partition coefficient (Wildman–Crippen LogP) is 2.02. The molecule has 5 rings (SSSR count). The molecule has 0 spiro atoms. The Hall–Kier alpha value is -2.46. The summed E-state index contributed by atoms with van der Waals surface area (Å²) >= 11 is 0. The number of morpholine rings is 1. The highest BCUT2D eigenvalue weighted by atomic mass is 35.5. The highest BCUT2D eigenvalue weighted by Gasteiger charge is 2.19. The quantitative estimate of drug-likeness (QED) is 0.532. The third kappa shape index (κ3) is 5.73. The van der Waals surface area contributed by atoms with Crippen LogP contribution in [0, 0.1) is 0 Å². The Kier molecular flexibility index (Phi) is 7.97. The van der Waals surface area contributed by atoms with Crippen LogP contribution < -0.4 is 10.3 Å². The molecule has 1 aromatic carbocycles. The number of rotatable bonds is 8. The van der Waals surface area contributed by atoms with E-state index in [9.17, 15) is 4.79 Å². The maximum absolute atomic E-state index is 12.6. The van der Waals surface area contributed by atoms with E-state index in [0.717, 1.165) is 63.6 Å². The highest BCUT2D eigenvalue weighted by Crippen LogP contribution is 2.21. The van der Waals surface area contributed by atoms with Crippen LogP contribution in [0.4, 0.5) is 0 Å². The lowest BCUT2D eigenvalue weighted by Crippen LogP contribution is -2.38. The number of nitrogens with zero attached hydrogens (tertiary/aromatic N) is 4. The van der Waals surface area contributed by atoms with Crippen LogP contribution in [0.3, 0.4) is 0 Å². The Morgan fingerprint density at radius 1 is 1.18 bits per heavy atom. The summed E-state index contributed by atoms with van der Waals surface area (Å²) in [5.74, 6) is 1.41. The second kappa shape index (κ2) is 11.1. The Labute approximate surface area is 198 Å². The van der Waals surface area contributed by atoms with Crippen molar-refractivity contribution in [3.63, 3.8) is 0 Å². The fourth-order valence-electron chi connectivity index (χ4n) is 4.30. The molecule has 2 aliphatic heterocycles. The summed E-state index contributed by atoms with van der Waals surface area (Å²) in [6.07, 6.45) is 4.40. The molecule has 2 aromatic heterocycles. The van der Waals surface area contributed by atoms with Crippen LogP contribution in [-0.2, 0) is 22.4 Å². The van der Waals surface area contributed by atoms with E-state index in [1.807, 2.05) is 28.8 Å². The number of aromatic amines is 1. The molecule has 1 N–H and O–H groups in total. The first-order valence-electron chi connectivity index (χ1n) is 11.3. The van der Waals surface area contributed by atoms with E-state index in [-0.39, 0.29) is 24.1 Å². The number of hydrogen-bond donors (Lipinski definition) is 1. The van der Waals surface area contributed by atoms with Crippen molar-refractivity contribution in [1.82, 2.24) is 24.4 Å². The molecule has 1 atom stereocenters. The van der Waals surface area contributed by atoms with Gasteiger partial charge in [-0.05, 0) is 18.9 Å². The topological polar surface area (TPSA) is 94.5 Å². The SMILES string of the molecule is Cl.O=c1[nH]c(Cc2ccccc2OCCN2CCOCC2)nc2c1ncn2CC1CCCO1. The van der Waals surface area contributed by atoms with Gasteiger partial charge in [0.05, 0.1) is 32.2 Å². The molecule has 178 valence electrons. The summed E-state index contributed by atoms with van der Waals surface area (Å²) in [6.45, 7) is 6.36. The molecule has 0 saturated carbocycles. The van der Waals surface area contributed by atoms with E-state index >= 15 is 0 Å². The van der Waals surface area contributed by atoms with Gasteiger partial charge in [-0.15, -0.1) is 12.4 Å². The lowest BCUT2D eigenvalue weighted by molar-refractivity contribution is 0.0322.